The predicted octanol–water partition coefficient (Wildman–Crippen LogP) is 12.5. The summed E-state index contributed by atoms with van der Waals surface area (Å²) in [6.07, 6.45) is 44.7. The van der Waals surface area contributed by atoms with E-state index in [1.54, 1.807) is 0 Å². The van der Waals surface area contributed by atoms with Crippen molar-refractivity contribution in [2.24, 2.45) is 0 Å². The summed E-state index contributed by atoms with van der Waals surface area (Å²) in [4.78, 5) is 13.1. The smallest absolute Gasteiger partial charge is 0.394 e. The molecule has 12 nitrogen and oxygen atoms in total. The first-order valence-electron chi connectivity index (χ1n) is 27.7. The molecule has 0 spiro atoms. The molecule has 13 heteroatoms. The van der Waals surface area contributed by atoms with Crippen LogP contribution in [0.2, 0.25) is 0 Å². The van der Waals surface area contributed by atoms with Gasteiger partial charge in [0.05, 0.1) is 25.4 Å². The Bertz CT molecular complexity index is 1280. The molecule has 0 radical (unpaired) electrons. The summed E-state index contributed by atoms with van der Waals surface area (Å²) in [5.41, 5.74) is 0. The highest BCUT2D eigenvalue weighted by molar-refractivity contribution is 7.80. The van der Waals surface area contributed by atoms with E-state index in [1.807, 2.05) is 0 Å². The Morgan fingerprint density at radius 1 is 0.597 bits per heavy atom. The van der Waals surface area contributed by atoms with Gasteiger partial charge in [-0.25, -0.2) is 4.18 Å². The standard InChI is InChI=1S/C54H103NO11S/c1-3-5-7-9-11-13-15-17-19-20-21-22-23-24-25-26-27-28-30-31-33-35-37-39-41-43-48(57)47(46-64-54-52(60)53(66-67(61,62)63)51(59)49(45-56)65-54)55-50(58)44-42-40-38-36-34-32-29-18-16-14-12-10-8-6-4-2/h12,14,16,18,47-49,51-54,56-57,59-60H,3-11,13,15,17,19-46H2,1-2H3,(H,55,58)(H,61,62,63)/b14-12-,18-16-. The highest BCUT2D eigenvalue weighted by atomic mass is 32.3. The molecule has 7 unspecified atom stereocenters. The minimum absolute atomic E-state index is 0.239. The molecule has 0 aromatic carbocycles. The molecular formula is C54H103NO11S. The quantitative estimate of drug-likeness (QED) is 0.0193. The fraction of sp³-hybridized carbons (Fsp3) is 0.907. The molecule has 1 aliphatic heterocycles. The van der Waals surface area contributed by atoms with Crippen molar-refractivity contribution in [1.29, 1.82) is 0 Å². The van der Waals surface area contributed by atoms with Crippen LogP contribution in [0.15, 0.2) is 24.3 Å². The van der Waals surface area contributed by atoms with Crippen molar-refractivity contribution in [2.75, 3.05) is 13.2 Å². The average Bonchev–Trinajstić information content (AvgIpc) is 3.30. The lowest BCUT2D eigenvalue weighted by Crippen LogP contribution is -2.61. The van der Waals surface area contributed by atoms with Crippen LogP contribution in [0.4, 0.5) is 0 Å². The number of hydrogen-bond acceptors (Lipinski definition) is 10. The van der Waals surface area contributed by atoms with E-state index >= 15 is 0 Å². The number of rotatable bonds is 48. The highest BCUT2D eigenvalue weighted by Crippen LogP contribution is 2.26. The zero-order valence-electron chi connectivity index (χ0n) is 42.7. The van der Waals surface area contributed by atoms with Gasteiger partial charge in [-0.2, -0.15) is 8.42 Å². The Labute approximate surface area is 410 Å². The molecule has 0 bridgehead atoms. The lowest BCUT2D eigenvalue weighted by molar-refractivity contribution is -0.298. The van der Waals surface area contributed by atoms with Crippen LogP contribution in [-0.2, 0) is 28.9 Å². The normalized spacial score (nSPS) is 20.0. The molecular weight excluding hydrogens is 871 g/mol. The van der Waals surface area contributed by atoms with Gasteiger partial charge >= 0.3 is 10.4 Å². The Morgan fingerprint density at radius 2 is 0.985 bits per heavy atom. The number of carbonyl (C=O) groups excluding carboxylic acids is 1. The Morgan fingerprint density at radius 3 is 1.42 bits per heavy atom. The van der Waals surface area contributed by atoms with Crippen LogP contribution in [0.25, 0.3) is 0 Å². The fourth-order valence-electron chi connectivity index (χ4n) is 8.98. The van der Waals surface area contributed by atoms with Crippen molar-refractivity contribution in [3.05, 3.63) is 24.3 Å². The number of hydrogen-bond donors (Lipinski definition) is 6. The van der Waals surface area contributed by atoms with Gasteiger partial charge in [-0.05, 0) is 38.5 Å². The van der Waals surface area contributed by atoms with E-state index in [2.05, 4.69) is 47.7 Å². The molecule has 396 valence electrons. The van der Waals surface area contributed by atoms with Crippen molar-refractivity contribution in [1.82, 2.24) is 5.32 Å². The number of ether oxygens (including phenoxy) is 2. The van der Waals surface area contributed by atoms with Crippen molar-refractivity contribution in [2.45, 2.75) is 301 Å². The van der Waals surface area contributed by atoms with Gasteiger partial charge in [0.15, 0.2) is 6.29 Å². The molecule has 1 saturated heterocycles. The van der Waals surface area contributed by atoms with Gasteiger partial charge in [-0.1, -0.05) is 237 Å². The number of allylic oxidation sites excluding steroid dienone is 4. The monoisotopic (exact) mass is 974 g/mol. The molecule has 1 fully saturated rings. The summed E-state index contributed by atoms with van der Waals surface area (Å²) in [5, 5.41) is 45.0. The molecule has 67 heavy (non-hydrogen) atoms. The van der Waals surface area contributed by atoms with Crippen LogP contribution in [-0.4, -0.2) is 95.4 Å². The summed E-state index contributed by atoms with van der Waals surface area (Å²) in [7, 11) is -5.08. The summed E-state index contributed by atoms with van der Waals surface area (Å²) < 4.78 is 47.8. The lowest BCUT2D eigenvalue weighted by Gasteiger charge is -2.41. The third-order valence-corrected chi connectivity index (χ3v) is 13.8. The van der Waals surface area contributed by atoms with Gasteiger partial charge in [0.25, 0.3) is 0 Å². The third kappa shape index (κ3) is 37.1. The van der Waals surface area contributed by atoms with E-state index in [-0.39, 0.29) is 18.9 Å². The molecule has 1 aliphatic rings. The minimum atomic E-state index is -5.08. The second-order valence-electron chi connectivity index (χ2n) is 19.6. The maximum Gasteiger partial charge on any atom is 0.397 e. The largest absolute Gasteiger partial charge is 0.397 e. The van der Waals surface area contributed by atoms with Gasteiger partial charge in [-0.15, -0.1) is 0 Å². The summed E-state index contributed by atoms with van der Waals surface area (Å²) in [6, 6.07) is -0.864. The SMILES string of the molecule is CCCCC/C=C\C=C/CCCCCCCCC(=O)NC(COC1OC(CO)C(O)C(OS(=O)(=O)O)C1O)C(O)CCCCCCCCCCCCCCCCCCCCCCCCCCC. The fourth-order valence-corrected chi connectivity index (χ4v) is 9.49. The van der Waals surface area contributed by atoms with Crippen molar-refractivity contribution in [3.63, 3.8) is 0 Å². The van der Waals surface area contributed by atoms with E-state index in [4.69, 9.17) is 9.47 Å². The molecule has 1 rings (SSSR count). The van der Waals surface area contributed by atoms with Crippen LogP contribution in [0.3, 0.4) is 0 Å². The van der Waals surface area contributed by atoms with E-state index in [1.165, 1.54) is 154 Å². The maximum absolute atomic E-state index is 13.1. The maximum atomic E-state index is 13.1. The van der Waals surface area contributed by atoms with Crippen LogP contribution >= 0.6 is 0 Å². The number of carbonyl (C=O) groups is 1. The number of aliphatic hydroxyl groups is 4. The lowest BCUT2D eigenvalue weighted by atomic mass is 9.99. The molecule has 0 aromatic heterocycles. The molecule has 1 amide bonds. The third-order valence-electron chi connectivity index (χ3n) is 13.3. The van der Waals surface area contributed by atoms with E-state index in [0.29, 0.717) is 12.8 Å². The van der Waals surface area contributed by atoms with E-state index in [9.17, 15) is 38.2 Å². The average molecular weight is 974 g/mol. The molecule has 0 aromatic rings. The van der Waals surface area contributed by atoms with Crippen LogP contribution in [0.1, 0.15) is 258 Å². The van der Waals surface area contributed by atoms with Crippen LogP contribution in [0, 0.1) is 0 Å². The zero-order chi connectivity index (χ0) is 49.1. The van der Waals surface area contributed by atoms with Crippen LogP contribution in [0.5, 0.6) is 0 Å². The first kappa shape index (κ1) is 63.6. The summed E-state index contributed by atoms with van der Waals surface area (Å²) in [6.45, 7) is 3.44. The predicted molar refractivity (Wildman–Crippen MR) is 273 cm³/mol. The number of amides is 1. The first-order chi connectivity index (χ1) is 32.5. The van der Waals surface area contributed by atoms with Gasteiger partial charge < -0.3 is 35.2 Å². The Balaban J connectivity index is 2.35. The summed E-state index contributed by atoms with van der Waals surface area (Å²) in [5.74, 6) is -0.239. The molecule has 0 aliphatic carbocycles. The molecule has 7 atom stereocenters. The minimum Gasteiger partial charge on any atom is -0.394 e. The second-order valence-corrected chi connectivity index (χ2v) is 20.6. The number of aliphatic hydroxyl groups excluding tert-OH is 4. The van der Waals surface area contributed by atoms with Crippen molar-refractivity contribution < 1.29 is 51.8 Å². The van der Waals surface area contributed by atoms with Gasteiger partial charge in [0, 0.05) is 6.42 Å². The van der Waals surface area contributed by atoms with Gasteiger partial charge in [-0.3, -0.25) is 9.35 Å². The molecule has 0 saturated carbocycles. The van der Waals surface area contributed by atoms with Gasteiger partial charge in [0.1, 0.15) is 24.4 Å². The van der Waals surface area contributed by atoms with Crippen LogP contribution < -0.4 is 5.32 Å². The second kappa shape index (κ2) is 44.5. The Kier molecular flexibility index (Phi) is 42.3. The van der Waals surface area contributed by atoms with Gasteiger partial charge in [0.2, 0.25) is 5.91 Å². The first-order valence-corrected chi connectivity index (χ1v) is 29.1. The Hall–Kier alpha value is -1.42. The topological polar surface area (TPSA) is 192 Å². The number of nitrogens with one attached hydrogen (secondary N) is 1. The molecule has 1 heterocycles. The van der Waals surface area contributed by atoms with Crippen molar-refractivity contribution in [3.8, 4) is 0 Å². The van der Waals surface area contributed by atoms with E-state index < -0.39 is 59.9 Å². The van der Waals surface area contributed by atoms with E-state index in [0.717, 1.165) is 70.6 Å². The molecule has 6 N–H and O–H groups in total. The zero-order valence-corrected chi connectivity index (χ0v) is 43.5. The highest BCUT2D eigenvalue weighted by Gasteiger charge is 2.48. The number of unbranched alkanes of at least 4 members (excludes halogenated alkanes) is 33. The van der Waals surface area contributed by atoms with Crippen molar-refractivity contribution >= 4 is 16.3 Å². The summed E-state index contributed by atoms with van der Waals surface area (Å²) >= 11 is 0.